The molecule has 0 rings (SSSR count). The van der Waals surface area contributed by atoms with Crippen LogP contribution >= 0.6 is 0 Å². The fourth-order valence-electron chi connectivity index (χ4n) is 0.332. The summed E-state index contributed by atoms with van der Waals surface area (Å²) in [7, 11) is 0. The standard InChI is InChI=1S/C5H11N2O/c1-5(8)7-4-2-3-6/h3H,2,4,6H2,1H3,(H,7,8). The van der Waals surface area contributed by atoms with Gasteiger partial charge >= 0.3 is 0 Å². The predicted octanol–water partition coefficient (Wildman–Crippen LogP) is -0.367. The number of hydrogen-bond acceptors (Lipinski definition) is 2. The van der Waals surface area contributed by atoms with Crippen LogP contribution in [0, 0.1) is 6.54 Å². The van der Waals surface area contributed by atoms with E-state index in [-0.39, 0.29) is 5.91 Å². The maximum atomic E-state index is 10.2. The third-order valence-electron chi connectivity index (χ3n) is 0.685. The van der Waals surface area contributed by atoms with Gasteiger partial charge in [-0.3, -0.25) is 4.79 Å². The van der Waals surface area contributed by atoms with E-state index in [1.54, 1.807) is 0 Å². The summed E-state index contributed by atoms with van der Waals surface area (Å²) in [5.41, 5.74) is 5.04. The Kier molecular flexibility index (Phi) is 4.26. The first-order valence-electron chi connectivity index (χ1n) is 2.55. The highest BCUT2D eigenvalue weighted by molar-refractivity contribution is 5.72. The number of amides is 1. The molecule has 0 saturated heterocycles. The molecule has 0 saturated carbocycles. The molecule has 1 amide bonds. The largest absolute Gasteiger partial charge is 0.356 e. The summed E-state index contributed by atoms with van der Waals surface area (Å²) in [6, 6.07) is 0. The molecule has 0 aliphatic rings. The van der Waals surface area contributed by atoms with Gasteiger partial charge in [0.2, 0.25) is 5.91 Å². The van der Waals surface area contributed by atoms with Crippen LogP contribution in [0.1, 0.15) is 13.3 Å². The lowest BCUT2D eigenvalue weighted by Crippen LogP contribution is -2.21. The van der Waals surface area contributed by atoms with E-state index >= 15 is 0 Å². The molecule has 0 unspecified atom stereocenters. The Labute approximate surface area is 49.3 Å². The van der Waals surface area contributed by atoms with E-state index in [0.29, 0.717) is 6.54 Å². The summed E-state index contributed by atoms with van der Waals surface area (Å²) in [5.74, 6) is -0.00755. The van der Waals surface area contributed by atoms with Crippen molar-refractivity contribution < 1.29 is 4.79 Å². The predicted molar refractivity (Wildman–Crippen MR) is 31.8 cm³/mol. The average Bonchev–Trinajstić information content (AvgIpc) is 1.66. The van der Waals surface area contributed by atoms with Crippen LogP contribution in [0.15, 0.2) is 0 Å². The first-order chi connectivity index (χ1) is 3.77. The third kappa shape index (κ3) is 5.43. The summed E-state index contributed by atoms with van der Waals surface area (Å²) in [6.45, 7) is 3.65. The molecule has 3 N–H and O–H groups in total. The van der Waals surface area contributed by atoms with E-state index in [4.69, 9.17) is 5.73 Å². The summed E-state index contributed by atoms with van der Waals surface area (Å²) < 4.78 is 0. The van der Waals surface area contributed by atoms with Gasteiger partial charge in [0.25, 0.3) is 0 Å². The Hall–Kier alpha value is -0.570. The average molecular weight is 115 g/mol. The van der Waals surface area contributed by atoms with Crippen LogP contribution in [0.3, 0.4) is 0 Å². The van der Waals surface area contributed by atoms with Gasteiger partial charge in [0.1, 0.15) is 0 Å². The van der Waals surface area contributed by atoms with E-state index in [9.17, 15) is 4.79 Å². The first kappa shape index (κ1) is 7.43. The highest BCUT2D eigenvalue weighted by atomic mass is 16.1. The summed E-state index contributed by atoms with van der Waals surface area (Å²) >= 11 is 0. The molecule has 3 nitrogen and oxygen atoms in total. The minimum absolute atomic E-state index is 0.00755. The Morgan fingerprint density at radius 1 is 1.88 bits per heavy atom. The molecule has 3 heteroatoms. The molecule has 0 fully saturated rings. The zero-order valence-electron chi connectivity index (χ0n) is 4.98. The fraction of sp³-hybridized carbons (Fsp3) is 0.600. The lowest BCUT2D eigenvalue weighted by atomic mass is 10.4. The van der Waals surface area contributed by atoms with E-state index < -0.39 is 0 Å². The molecule has 0 atom stereocenters. The third-order valence-corrected chi connectivity index (χ3v) is 0.685. The molecule has 0 aliphatic heterocycles. The highest BCUT2D eigenvalue weighted by Gasteiger charge is 1.86. The molecule has 1 radical (unpaired) electrons. The highest BCUT2D eigenvalue weighted by Crippen LogP contribution is 1.72. The molecule has 0 bridgehead atoms. The Bertz CT molecular complexity index is 72.8. The van der Waals surface area contributed by atoms with Gasteiger partial charge in [-0.1, -0.05) is 0 Å². The summed E-state index contributed by atoms with van der Waals surface area (Å²) in [4.78, 5) is 10.2. The molecule has 8 heavy (non-hydrogen) atoms. The van der Waals surface area contributed by atoms with Crippen LogP contribution in [0.4, 0.5) is 0 Å². The van der Waals surface area contributed by atoms with Crippen LogP contribution in [0.5, 0.6) is 0 Å². The molecular weight excluding hydrogens is 104 g/mol. The number of hydrogen-bond donors (Lipinski definition) is 2. The van der Waals surface area contributed by atoms with E-state index in [2.05, 4.69) is 5.32 Å². The monoisotopic (exact) mass is 115 g/mol. The second-order valence-corrected chi connectivity index (χ2v) is 1.51. The Morgan fingerprint density at radius 2 is 2.50 bits per heavy atom. The zero-order valence-corrected chi connectivity index (χ0v) is 4.98. The van der Waals surface area contributed by atoms with Gasteiger partial charge in [-0.05, 0) is 6.42 Å². The van der Waals surface area contributed by atoms with Crippen molar-refractivity contribution in [2.24, 2.45) is 5.73 Å². The minimum Gasteiger partial charge on any atom is -0.356 e. The SMILES string of the molecule is CC(=O)NCC[CH]N. The minimum atomic E-state index is -0.00755. The Balaban J connectivity index is 2.82. The van der Waals surface area contributed by atoms with Gasteiger partial charge in [-0.25, -0.2) is 0 Å². The quantitative estimate of drug-likeness (QED) is 0.493. The first-order valence-corrected chi connectivity index (χ1v) is 2.55. The van der Waals surface area contributed by atoms with Crippen molar-refractivity contribution in [1.82, 2.24) is 5.32 Å². The van der Waals surface area contributed by atoms with Crippen molar-refractivity contribution >= 4 is 5.91 Å². The second kappa shape index (κ2) is 4.59. The summed E-state index contributed by atoms with van der Waals surface area (Å²) in [5, 5.41) is 2.60. The van der Waals surface area contributed by atoms with Crippen LogP contribution in [0.2, 0.25) is 0 Å². The molecule has 0 aromatic carbocycles. The molecule has 0 heterocycles. The normalized spacial score (nSPS) is 8.75. The molecule has 0 aliphatic carbocycles. The van der Waals surface area contributed by atoms with Gasteiger partial charge < -0.3 is 11.1 Å². The maximum Gasteiger partial charge on any atom is 0.216 e. The Morgan fingerprint density at radius 3 is 2.88 bits per heavy atom. The molecule has 0 aromatic rings. The number of nitrogens with one attached hydrogen (secondary N) is 1. The smallest absolute Gasteiger partial charge is 0.216 e. The van der Waals surface area contributed by atoms with Crippen molar-refractivity contribution in [1.29, 1.82) is 0 Å². The maximum absolute atomic E-state index is 10.2. The molecule has 0 aromatic heterocycles. The van der Waals surface area contributed by atoms with Gasteiger partial charge in [0.15, 0.2) is 0 Å². The molecular formula is C5H11N2O. The lowest BCUT2D eigenvalue weighted by molar-refractivity contribution is -0.118. The van der Waals surface area contributed by atoms with Crippen molar-refractivity contribution in [3.8, 4) is 0 Å². The van der Waals surface area contributed by atoms with E-state index in [0.717, 1.165) is 6.42 Å². The molecule has 0 spiro atoms. The van der Waals surface area contributed by atoms with Crippen molar-refractivity contribution in [3.05, 3.63) is 6.54 Å². The number of nitrogens with two attached hydrogens (primary N) is 1. The fourth-order valence-corrected chi connectivity index (χ4v) is 0.332. The van der Waals surface area contributed by atoms with Gasteiger partial charge in [-0.2, -0.15) is 0 Å². The van der Waals surface area contributed by atoms with Crippen LogP contribution in [-0.4, -0.2) is 12.5 Å². The summed E-state index contributed by atoms with van der Waals surface area (Å²) in [6.07, 6.45) is 0.736. The van der Waals surface area contributed by atoms with Gasteiger partial charge in [0, 0.05) is 20.0 Å². The topological polar surface area (TPSA) is 55.1 Å². The second-order valence-electron chi connectivity index (χ2n) is 1.51. The number of rotatable bonds is 3. The van der Waals surface area contributed by atoms with E-state index in [1.165, 1.54) is 13.5 Å². The lowest BCUT2D eigenvalue weighted by Gasteiger charge is -1.96. The number of carbonyl (C=O) groups excluding carboxylic acids is 1. The zero-order chi connectivity index (χ0) is 6.41. The van der Waals surface area contributed by atoms with Crippen molar-refractivity contribution in [3.63, 3.8) is 0 Å². The van der Waals surface area contributed by atoms with Gasteiger partial charge in [-0.15, -0.1) is 0 Å². The van der Waals surface area contributed by atoms with E-state index in [1.807, 2.05) is 0 Å². The van der Waals surface area contributed by atoms with Crippen molar-refractivity contribution in [2.45, 2.75) is 13.3 Å². The molecule has 47 valence electrons. The van der Waals surface area contributed by atoms with Crippen LogP contribution in [-0.2, 0) is 4.79 Å². The number of carbonyl (C=O) groups is 1. The van der Waals surface area contributed by atoms with Crippen LogP contribution < -0.4 is 11.1 Å². The van der Waals surface area contributed by atoms with Gasteiger partial charge in [0.05, 0.1) is 0 Å². The van der Waals surface area contributed by atoms with Crippen LogP contribution in [0.25, 0.3) is 0 Å². The van der Waals surface area contributed by atoms with Crippen molar-refractivity contribution in [2.75, 3.05) is 6.54 Å².